The summed E-state index contributed by atoms with van der Waals surface area (Å²) in [6.45, 7) is 1.71. The molecule has 3 rings (SSSR count). The van der Waals surface area contributed by atoms with E-state index in [-0.39, 0.29) is 24.4 Å². The Morgan fingerprint density at radius 2 is 1.96 bits per heavy atom. The number of furan rings is 1. The maximum absolute atomic E-state index is 12.2. The summed E-state index contributed by atoms with van der Waals surface area (Å²) in [6, 6.07) is 14.3. The number of methoxy groups -OCH3 is 1. The molecule has 0 bridgehead atoms. The Kier molecular flexibility index (Phi) is 6.00. The van der Waals surface area contributed by atoms with Gasteiger partial charge in [0, 0.05) is 8.96 Å². The second-order valence-electron chi connectivity index (χ2n) is 5.98. The van der Waals surface area contributed by atoms with E-state index in [9.17, 15) is 9.59 Å². The van der Waals surface area contributed by atoms with E-state index in [1.807, 2.05) is 43.3 Å². The highest BCUT2D eigenvalue weighted by Gasteiger charge is 2.17. The lowest BCUT2D eigenvalue weighted by molar-refractivity contribution is -0.120. The van der Waals surface area contributed by atoms with Crippen molar-refractivity contribution >= 4 is 45.4 Å². The van der Waals surface area contributed by atoms with Gasteiger partial charge in [-0.3, -0.25) is 9.59 Å². The summed E-state index contributed by atoms with van der Waals surface area (Å²) >= 11 is 2.09. The lowest BCUT2D eigenvalue weighted by atomic mass is 10.2. The third-order valence-electron chi connectivity index (χ3n) is 4.08. The van der Waals surface area contributed by atoms with Crippen LogP contribution in [-0.2, 0) is 4.79 Å². The van der Waals surface area contributed by atoms with E-state index in [2.05, 4.69) is 33.2 Å². The third kappa shape index (κ3) is 4.41. The maximum atomic E-state index is 12.2. The van der Waals surface area contributed by atoms with Crippen LogP contribution in [0, 0.1) is 3.57 Å². The molecule has 1 unspecified atom stereocenters. The second kappa shape index (κ2) is 8.43. The minimum atomic E-state index is -0.344. The fraction of sp³-hybridized carbons (Fsp3) is 0.200. The van der Waals surface area contributed by atoms with Crippen LogP contribution in [0.3, 0.4) is 0 Å². The molecule has 2 aromatic carbocycles. The first-order valence-corrected chi connectivity index (χ1v) is 9.46. The van der Waals surface area contributed by atoms with Crippen molar-refractivity contribution in [1.82, 2.24) is 10.6 Å². The first-order chi connectivity index (χ1) is 13.0. The molecule has 2 N–H and O–H groups in total. The van der Waals surface area contributed by atoms with Crippen molar-refractivity contribution in [3.63, 3.8) is 0 Å². The van der Waals surface area contributed by atoms with Crippen molar-refractivity contribution < 1.29 is 18.7 Å². The van der Waals surface area contributed by atoms with Crippen molar-refractivity contribution in [1.29, 1.82) is 0 Å². The molecule has 6 nitrogen and oxygen atoms in total. The predicted molar refractivity (Wildman–Crippen MR) is 111 cm³/mol. The molecule has 0 spiro atoms. The molecule has 0 radical (unpaired) electrons. The van der Waals surface area contributed by atoms with Gasteiger partial charge in [0.15, 0.2) is 11.3 Å². The number of nitrogens with one attached hydrogen (secondary N) is 2. The van der Waals surface area contributed by atoms with E-state index >= 15 is 0 Å². The van der Waals surface area contributed by atoms with Crippen LogP contribution in [-0.4, -0.2) is 25.5 Å². The smallest absolute Gasteiger partial charge is 0.252 e. The largest absolute Gasteiger partial charge is 0.493 e. The van der Waals surface area contributed by atoms with Gasteiger partial charge >= 0.3 is 0 Å². The Morgan fingerprint density at radius 3 is 2.70 bits per heavy atom. The van der Waals surface area contributed by atoms with E-state index in [0.29, 0.717) is 22.7 Å². The zero-order valence-corrected chi connectivity index (χ0v) is 17.1. The number of carbonyl (C=O) groups is 2. The standard InChI is InChI=1S/C20H19IN2O4/c1-12(17-10-13-6-5-9-16(26-2)19(13)27-17)23-18(24)11-22-20(25)14-7-3-4-8-15(14)21/h3-10,12H,11H2,1-2H3,(H,22,25)(H,23,24). The molecule has 1 aromatic heterocycles. The average Bonchev–Trinajstić information content (AvgIpc) is 3.11. The molecular formula is C20H19IN2O4. The first kappa shape index (κ1) is 19.2. The number of halogens is 1. The molecule has 0 aliphatic rings. The SMILES string of the molecule is COc1cccc2cc(C(C)NC(=O)CNC(=O)c3ccccc3I)oc12. The molecule has 140 valence electrons. The number of benzene rings is 2. The monoisotopic (exact) mass is 478 g/mol. The van der Waals surface area contributed by atoms with Gasteiger partial charge in [0.1, 0.15) is 5.76 Å². The summed E-state index contributed by atoms with van der Waals surface area (Å²) in [5, 5.41) is 6.36. The first-order valence-electron chi connectivity index (χ1n) is 8.38. The molecule has 0 aliphatic heterocycles. The number of fused-ring (bicyclic) bond motifs is 1. The van der Waals surface area contributed by atoms with Crippen molar-refractivity contribution in [3.8, 4) is 5.75 Å². The second-order valence-corrected chi connectivity index (χ2v) is 7.14. The van der Waals surface area contributed by atoms with Crippen molar-refractivity contribution in [2.75, 3.05) is 13.7 Å². The molecule has 0 fully saturated rings. The van der Waals surface area contributed by atoms with Crippen molar-refractivity contribution in [3.05, 3.63) is 63.4 Å². The third-order valence-corrected chi connectivity index (χ3v) is 5.02. The topological polar surface area (TPSA) is 80.6 Å². The van der Waals surface area contributed by atoms with E-state index in [1.165, 1.54) is 0 Å². The number of para-hydroxylation sites is 1. The highest BCUT2D eigenvalue weighted by atomic mass is 127. The Balaban J connectivity index is 1.61. The van der Waals surface area contributed by atoms with Crippen LogP contribution in [0.4, 0.5) is 0 Å². The summed E-state index contributed by atoms with van der Waals surface area (Å²) < 4.78 is 12.0. The van der Waals surface area contributed by atoms with Crippen LogP contribution in [0.2, 0.25) is 0 Å². The Hall–Kier alpha value is -2.55. The highest BCUT2D eigenvalue weighted by Crippen LogP contribution is 2.30. The molecule has 1 heterocycles. The van der Waals surface area contributed by atoms with Crippen molar-refractivity contribution in [2.24, 2.45) is 0 Å². The molecule has 2 amide bonds. The summed E-state index contributed by atoms with van der Waals surface area (Å²) in [4.78, 5) is 24.4. The predicted octanol–water partition coefficient (Wildman–Crippen LogP) is 3.65. The normalized spacial score (nSPS) is 11.8. The summed E-state index contributed by atoms with van der Waals surface area (Å²) in [5.74, 6) is 0.680. The molecule has 1 atom stereocenters. The Labute approximate surface area is 170 Å². The average molecular weight is 478 g/mol. The van der Waals surface area contributed by atoms with Crippen LogP contribution in [0.1, 0.15) is 29.1 Å². The van der Waals surface area contributed by atoms with Crippen LogP contribution < -0.4 is 15.4 Å². The van der Waals surface area contributed by atoms with Gasteiger partial charge in [0.05, 0.1) is 25.3 Å². The molecule has 0 saturated carbocycles. The number of hydrogen-bond donors (Lipinski definition) is 2. The van der Waals surface area contributed by atoms with Crippen LogP contribution in [0.5, 0.6) is 5.75 Å². The van der Waals surface area contributed by atoms with E-state index in [4.69, 9.17) is 9.15 Å². The van der Waals surface area contributed by atoms with Gasteiger partial charge in [-0.15, -0.1) is 0 Å². The minimum absolute atomic E-state index is 0.113. The van der Waals surface area contributed by atoms with Gasteiger partial charge in [-0.05, 0) is 53.8 Å². The number of amides is 2. The summed E-state index contributed by atoms with van der Waals surface area (Å²) in [7, 11) is 1.58. The van der Waals surface area contributed by atoms with Crippen LogP contribution in [0.25, 0.3) is 11.0 Å². The summed E-state index contributed by atoms with van der Waals surface area (Å²) in [6.07, 6.45) is 0. The Bertz CT molecular complexity index is 983. The number of carbonyl (C=O) groups excluding carboxylic acids is 2. The summed E-state index contributed by atoms with van der Waals surface area (Å²) in [5.41, 5.74) is 1.19. The minimum Gasteiger partial charge on any atom is -0.493 e. The van der Waals surface area contributed by atoms with E-state index in [1.54, 1.807) is 19.2 Å². The molecular weight excluding hydrogens is 459 g/mol. The molecule has 3 aromatic rings. The van der Waals surface area contributed by atoms with Gasteiger partial charge in [-0.2, -0.15) is 0 Å². The van der Waals surface area contributed by atoms with Gasteiger partial charge < -0.3 is 19.8 Å². The molecule has 0 saturated heterocycles. The lowest BCUT2D eigenvalue weighted by Gasteiger charge is -2.12. The van der Waals surface area contributed by atoms with Gasteiger partial charge in [-0.1, -0.05) is 24.3 Å². The number of hydrogen-bond acceptors (Lipinski definition) is 4. The Morgan fingerprint density at radius 1 is 1.19 bits per heavy atom. The zero-order chi connectivity index (χ0) is 19.4. The lowest BCUT2D eigenvalue weighted by Crippen LogP contribution is -2.38. The maximum Gasteiger partial charge on any atom is 0.252 e. The molecule has 0 aliphatic carbocycles. The van der Waals surface area contributed by atoms with Gasteiger partial charge in [-0.25, -0.2) is 0 Å². The molecule has 7 heteroatoms. The van der Waals surface area contributed by atoms with E-state index in [0.717, 1.165) is 8.96 Å². The fourth-order valence-corrected chi connectivity index (χ4v) is 3.33. The van der Waals surface area contributed by atoms with E-state index < -0.39 is 0 Å². The van der Waals surface area contributed by atoms with Crippen LogP contribution in [0.15, 0.2) is 52.9 Å². The van der Waals surface area contributed by atoms with Crippen LogP contribution >= 0.6 is 22.6 Å². The number of rotatable bonds is 6. The quantitative estimate of drug-likeness (QED) is 0.531. The van der Waals surface area contributed by atoms with Gasteiger partial charge in [0.2, 0.25) is 5.91 Å². The van der Waals surface area contributed by atoms with Crippen molar-refractivity contribution in [2.45, 2.75) is 13.0 Å². The fourth-order valence-electron chi connectivity index (χ4n) is 2.70. The van der Waals surface area contributed by atoms with Gasteiger partial charge in [0.25, 0.3) is 5.91 Å². The zero-order valence-electron chi connectivity index (χ0n) is 14.9. The molecule has 27 heavy (non-hydrogen) atoms. The highest BCUT2D eigenvalue weighted by molar-refractivity contribution is 14.1. The number of ether oxygens (including phenoxy) is 1.